The molecule has 0 saturated heterocycles. The second-order valence-corrected chi connectivity index (χ2v) is 17.2. The lowest BCUT2D eigenvalue weighted by atomic mass is 9.62. The van der Waals surface area contributed by atoms with Crippen molar-refractivity contribution in [3.05, 3.63) is 263 Å². The van der Waals surface area contributed by atoms with Crippen LogP contribution in [0.4, 0.5) is 17.1 Å². The van der Waals surface area contributed by atoms with E-state index in [2.05, 4.69) is 185 Å². The number of nitrogens with one attached hydrogen (secondary N) is 1. The summed E-state index contributed by atoms with van der Waals surface area (Å²) in [6, 6.07) is 79.0. The van der Waals surface area contributed by atoms with Gasteiger partial charge in [-0.1, -0.05) is 181 Å². The van der Waals surface area contributed by atoms with Crippen LogP contribution in [0.3, 0.4) is 0 Å². The van der Waals surface area contributed by atoms with Crippen molar-refractivity contribution in [1.82, 2.24) is 4.57 Å². The molecular formula is C58H43N5S. The van der Waals surface area contributed by atoms with Crippen LogP contribution in [-0.2, 0) is 5.41 Å². The minimum absolute atomic E-state index is 0.134. The summed E-state index contributed by atoms with van der Waals surface area (Å²) in [6.45, 7) is 2.08. The zero-order valence-corrected chi connectivity index (χ0v) is 36.0. The number of amidine groups is 2. The number of anilines is 3. The maximum Gasteiger partial charge on any atom is 0.154 e. The first-order chi connectivity index (χ1) is 31.5. The normalized spacial score (nSPS) is 13.3. The lowest BCUT2D eigenvalue weighted by Crippen LogP contribution is -2.39. The van der Waals surface area contributed by atoms with Crippen LogP contribution in [0.2, 0.25) is 0 Å². The Kier molecular flexibility index (Phi) is 9.79. The highest BCUT2D eigenvalue weighted by Crippen LogP contribution is 2.64. The Hall–Kier alpha value is -7.93. The minimum atomic E-state index is -0.594. The number of hydrogen-bond donors (Lipinski definition) is 2. The number of fused-ring (bicyclic) bond motifs is 12. The van der Waals surface area contributed by atoms with E-state index in [-0.39, 0.29) is 5.84 Å². The molecule has 2 aliphatic heterocycles. The number of rotatable bonds is 4. The molecule has 0 aliphatic carbocycles. The molecule has 0 fully saturated rings. The average Bonchev–Trinajstić information content (AvgIpc) is 3.70. The summed E-state index contributed by atoms with van der Waals surface area (Å²) in [6.07, 6.45) is 0. The van der Waals surface area contributed by atoms with Crippen LogP contribution in [0, 0.1) is 12.3 Å². The van der Waals surface area contributed by atoms with Gasteiger partial charge in [-0.2, -0.15) is 0 Å². The lowest BCUT2D eigenvalue weighted by molar-refractivity contribution is 0.694. The van der Waals surface area contributed by atoms with E-state index in [4.69, 9.17) is 11.1 Å². The van der Waals surface area contributed by atoms with Crippen LogP contribution in [0.5, 0.6) is 0 Å². The van der Waals surface area contributed by atoms with Crippen molar-refractivity contribution in [1.29, 1.82) is 5.41 Å². The van der Waals surface area contributed by atoms with Crippen molar-refractivity contribution < 1.29 is 0 Å². The summed E-state index contributed by atoms with van der Waals surface area (Å²) in [7, 11) is 0. The van der Waals surface area contributed by atoms with Gasteiger partial charge >= 0.3 is 0 Å². The first kappa shape index (κ1) is 39.0. The standard InChI is InChI=1S/C51H35N5S.C7H8/c52-49(33-15-3-1-4-16-33)54-50(53)34-27-29-36(30-28-34)56-43-23-11-7-19-37(43)38-31-32-42-48(47(38)56)57-46-26-14-10-22-41(46)51(42)39-20-8-12-24-44(39)55(35-17-5-2-6-18-35)45-25-13-9-21-40(45)51;1-7-5-3-2-4-6-7/h1-32H,(H3,52,53,54);2-6H,1H3. The molecule has 1 aromatic heterocycles. The summed E-state index contributed by atoms with van der Waals surface area (Å²) >= 11 is 1.87. The van der Waals surface area contributed by atoms with E-state index in [0.717, 1.165) is 28.0 Å². The highest BCUT2D eigenvalue weighted by molar-refractivity contribution is 7.99. The van der Waals surface area contributed by atoms with Crippen molar-refractivity contribution in [2.24, 2.45) is 10.7 Å². The second-order valence-electron chi connectivity index (χ2n) is 16.2. The zero-order valence-electron chi connectivity index (χ0n) is 35.2. The number of hydrogen-bond acceptors (Lipinski definition) is 3. The third-order valence-electron chi connectivity index (χ3n) is 12.5. The molecule has 0 bridgehead atoms. The van der Waals surface area contributed by atoms with Gasteiger partial charge in [-0.25, -0.2) is 4.99 Å². The smallest absolute Gasteiger partial charge is 0.154 e. The minimum Gasteiger partial charge on any atom is -0.383 e. The van der Waals surface area contributed by atoms with Gasteiger partial charge in [0.25, 0.3) is 0 Å². The van der Waals surface area contributed by atoms with Gasteiger partial charge in [0, 0.05) is 43.1 Å². The number of nitrogens with zero attached hydrogens (tertiary/aromatic N) is 3. The molecular weight excluding hydrogens is 799 g/mol. The quantitative estimate of drug-likeness (QED) is 0.137. The number of aromatic nitrogens is 1. The molecule has 1 spiro atoms. The first-order valence-electron chi connectivity index (χ1n) is 21.5. The Balaban J connectivity index is 0.000000598. The van der Waals surface area contributed by atoms with E-state index >= 15 is 0 Å². The van der Waals surface area contributed by atoms with Crippen LogP contribution in [0.15, 0.2) is 239 Å². The first-order valence-corrected chi connectivity index (χ1v) is 22.3. The van der Waals surface area contributed by atoms with Gasteiger partial charge in [0.15, 0.2) is 5.84 Å². The summed E-state index contributed by atoms with van der Waals surface area (Å²) in [5, 5.41) is 10.9. The van der Waals surface area contributed by atoms with Gasteiger partial charge in [0.2, 0.25) is 0 Å². The second kappa shape index (κ2) is 16.1. The average molecular weight is 842 g/mol. The van der Waals surface area contributed by atoms with Crippen LogP contribution in [0.1, 0.15) is 38.9 Å². The van der Waals surface area contributed by atoms with Gasteiger partial charge in [-0.3, -0.25) is 5.41 Å². The Bertz CT molecular complexity index is 3350. The Morgan fingerprint density at radius 2 is 1.06 bits per heavy atom. The topological polar surface area (TPSA) is 70.4 Å². The van der Waals surface area contributed by atoms with Gasteiger partial charge in [-0.05, 0) is 89.8 Å². The van der Waals surface area contributed by atoms with Crippen LogP contribution < -0.4 is 10.6 Å². The van der Waals surface area contributed by atoms with Crippen molar-refractivity contribution in [3.63, 3.8) is 0 Å². The molecule has 3 N–H and O–H groups in total. The molecule has 3 heterocycles. The fourth-order valence-corrected chi connectivity index (χ4v) is 11.0. The molecule has 12 rings (SSSR count). The summed E-state index contributed by atoms with van der Waals surface area (Å²) in [5.41, 5.74) is 20.6. The largest absolute Gasteiger partial charge is 0.383 e. The third kappa shape index (κ3) is 6.33. The molecule has 64 heavy (non-hydrogen) atoms. The molecule has 0 amide bonds. The molecule has 306 valence electrons. The number of aliphatic imine (C=N–C) groups is 1. The molecule has 0 unspecified atom stereocenters. The van der Waals surface area contributed by atoms with Gasteiger partial charge in [0.1, 0.15) is 5.84 Å². The maximum absolute atomic E-state index is 8.54. The number of nitrogens with two attached hydrogens (primary N) is 1. The maximum atomic E-state index is 8.54. The predicted octanol–water partition coefficient (Wildman–Crippen LogP) is 14.1. The van der Waals surface area contributed by atoms with Crippen molar-refractivity contribution in [2.45, 2.75) is 22.1 Å². The Morgan fingerprint density at radius 1 is 0.500 bits per heavy atom. The van der Waals surface area contributed by atoms with Gasteiger partial charge in [-0.15, -0.1) is 0 Å². The van der Waals surface area contributed by atoms with E-state index < -0.39 is 5.41 Å². The van der Waals surface area contributed by atoms with Crippen LogP contribution in [-0.4, -0.2) is 16.2 Å². The van der Waals surface area contributed by atoms with Crippen LogP contribution >= 0.6 is 11.8 Å². The molecule has 2 aliphatic rings. The highest BCUT2D eigenvalue weighted by atomic mass is 32.2. The lowest BCUT2D eigenvalue weighted by Gasteiger charge is -2.49. The van der Waals surface area contributed by atoms with Crippen molar-refractivity contribution in [2.75, 3.05) is 4.90 Å². The monoisotopic (exact) mass is 841 g/mol. The molecule has 6 heteroatoms. The van der Waals surface area contributed by atoms with E-state index in [1.54, 1.807) is 0 Å². The van der Waals surface area contributed by atoms with E-state index in [1.807, 2.05) is 72.4 Å². The van der Waals surface area contributed by atoms with E-state index in [9.17, 15) is 0 Å². The van der Waals surface area contributed by atoms with Crippen molar-refractivity contribution >= 4 is 62.3 Å². The predicted molar refractivity (Wildman–Crippen MR) is 267 cm³/mol. The molecule has 9 aromatic carbocycles. The fraction of sp³-hybridized carbons (Fsp3) is 0.0345. The summed E-state index contributed by atoms with van der Waals surface area (Å²) in [5.74, 6) is 0.443. The molecule has 10 aromatic rings. The Morgan fingerprint density at radius 3 is 1.72 bits per heavy atom. The number of aryl methyl sites for hydroxylation is 1. The van der Waals surface area contributed by atoms with Gasteiger partial charge < -0.3 is 15.2 Å². The molecule has 5 nitrogen and oxygen atoms in total. The SMILES string of the molecule is Cc1ccccc1.N=C(N=C(N)c1ccc(-n2c3ccccc3c3ccc4c(c32)Sc2ccccc2C42c3ccccc3N(c3ccccc3)c3ccccc32)cc1)c1ccccc1. The summed E-state index contributed by atoms with van der Waals surface area (Å²) < 4.78 is 2.41. The van der Waals surface area contributed by atoms with Gasteiger partial charge in [0.05, 0.1) is 27.8 Å². The highest BCUT2D eigenvalue weighted by Gasteiger charge is 2.51. The van der Waals surface area contributed by atoms with Crippen molar-refractivity contribution in [3.8, 4) is 5.69 Å². The zero-order chi connectivity index (χ0) is 43.2. The third-order valence-corrected chi connectivity index (χ3v) is 13.6. The summed E-state index contributed by atoms with van der Waals surface area (Å²) in [4.78, 5) is 9.37. The molecule has 0 saturated carbocycles. The Labute approximate surface area is 377 Å². The number of para-hydroxylation sites is 4. The molecule has 0 atom stereocenters. The fourth-order valence-electron chi connectivity index (χ4n) is 9.66. The van der Waals surface area contributed by atoms with E-state index in [0.29, 0.717) is 5.84 Å². The molecule has 0 radical (unpaired) electrons. The van der Waals surface area contributed by atoms with E-state index in [1.165, 1.54) is 65.3 Å². The van der Waals surface area contributed by atoms with Crippen LogP contribution in [0.25, 0.3) is 27.5 Å². The number of benzene rings is 9.